The van der Waals surface area contributed by atoms with Crippen LogP contribution in [0.2, 0.25) is 0 Å². The molecule has 1 N–H and O–H groups in total. The van der Waals surface area contributed by atoms with Gasteiger partial charge in [0, 0.05) is 13.1 Å². The van der Waals surface area contributed by atoms with E-state index in [1.54, 1.807) is 0 Å². The predicted octanol–water partition coefficient (Wildman–Crippen LogP) is 4.53. The topological polar surface area (TPSA) is 41.6 Å². The highest BCUT2D eigenvalue weighted by Crippen LogP contribution is 2.24. The highest BCUT2D eigenvalue weighted by molar-refractivity contribution is 5.78. The summed E-state index contributed by atoms with van der Waals surface area (Å²) in [7, 11) is 0. The summed E-state index contributed by atoms with van der Waals surface area (Å²) < 4.78 is 18.8. The lowest BCUT2D eigenvalue weighted by Crippen LogP contribution is -2.43. The average Bonchev–Trinajstić information content (AvgIpc) is 2.73. The Kier molecular flexibility index (Phi) is 7.48. The van der Waals surface area contributed by atoms with Crippen molar-refractivity contribution in [2.75, 3.05) is 26.2 Å². The molecule has 5 heteroatoms. The minimum Gasteiger partial charge on any atom is -0.492 e. The zero-order chi connectivity index (χ0) is 21.6. The maximum atomic E-state index is 13.1. The van der Waals surface area contributed by atoms with Crippen LogP contribution in [0.3, 0.4) is 0 Å². The van der Waals surface area contributed by atoms with Crippen LogP contribution < -0.4 is 10.1 Å². The first-order valence-corrected chi connectivity index (χ1v) is 10.8. The molecule has 30 heavy (non-hydrogen) atoms. The molecule has 2 aromatic carbocycles. The van der Waals surface area contributed by atoms with E-state index in [1.165, 1.54) is 17.7 Å². The van der Waals surface area contributed by atoms with Crippen LogP contribution in [0.4, 0.5) is 4.39 Å². The second-order valence-electron chi connectivity index (χ2n) is 9.11. The molecule has 1 atom stereocenters. The SMILES string of the molecule is CC(C)(C)c1ccc(OCCNC(=O)C2CCCN(Cc3ccc(F)cc3)C2)cc1. The lowest BCUT2D eigenvalue weighted by atomic mass is 9.87. The molecule has 1 amide bonds. The first-order valence-electron chi connectivity index (χ1n) is 10.8. The van der Waals surface area contributed by atoms with Gasteiger partial charge in [-0.15, -0.1) is 0 Å². The van der Waals surface area contributed by atoms with Crippen LogP contribution in [0, 0.1) is 11.7 Å². The van der Waals surface area contributed by atoms with Crippen LogP contribution in [0.15, 0.2) is 48.5 Å². The van der Waals surface area contributed by atoms with Gasteiger partial charge in [-0.1, -0.05) is 45.0 Å². The molecule has 0 aromatic heterocycles. The van der Waals surface area contributed by atoms with E-state index in [4.69, 9.17) is 4.74 Å². The minimum absolute atomic E-state index is 0.00901. The van der Waals surface area contributed by atoms with Crippen molar-refractivity contribution in [1.29, 1.82) is 0 Å². The van der Waals surface area contributed by atoms with Gasteiger partial charge >= 0.3 is 0 Å². The van der Waals surface area contributed by atoms with Crippen LogP contribution >= 0.6 is 0 Å². The average molecular weight is 413 g/mol. The van der Waals surface area contributed by atoms with Crippen molar-refractivity contribution < 1.29 is 13.9 Å². The Morgan fingerprint density at radius 2 is 1.83 bits per heavy atom. The highest BCUT2D eigenvalue weighted by atomic mass is 19.1. The molecule has 1 aliphatic rings. The lowest BCUT2D eigenvalue weighted by molar-refractivity contribution is -0.126. The third-order valence-corrected chi connectivity index (χ3v) is 5.59. The normalized spacial score (nSPS) is 17.5. The lowest BCUT2D eigenvalue weighted by Gasteiger charge is -2.32. The van der Waals surface area contributed by atoms with Gasteiger partial charge in [0.2, 0.25) is 5.91 Å². The van der Waals surface area contributed by atoms with Crippen LogP contribution in [0.25, 0.3) is 0 Å². The maximum Gasteiger partial charge on any atom is 0.224 e. The van der Waals surface area contributed by atoms with Gasteiger partial charge in [-0.25, -0.2) is 4.39 Å². The molecule has 2 aromatic rings. The molecular formula is C25H33FN2O2. The number of nitrogens with zero attached hydrogens (tertiary/aromatic N) is 1. The number of piperidine rings is 1. The smallest absolute Gasteiger partial charge is 0.224 e. The van der Waals surface area contributed by atoms with E-state index in [0.29, 0.717) is 13.2 Å². The summed E-state index contributed by atoms with van der Waals surface area (Å²) in [6.07, 6.45) is 1.90. The van der Waals surface area contributed by atoms with Crippen LogP contribution in [-0.2, 0) is 16.8 Å². The van der Waals surface area contributed by atoms with E-state index in [9.17, 15) is 9.18 Å². The van der Waals surface area contributed by atoms with E-state index in [-0.39, 0.29) is 23.1 Å². The Hall–Kier alpha value is -2.40. The van der Waals surface area contributed by atoms with Crippen molar-refractivity contribution in [2.24, 2.45) is 5.92 Å². The van der Waals surface area contributed by atoms with E-state index in [1.807, 2.05) is 24.3 Å². The van der Waals surface area contributed by atoms with Gasteiger partial charge in [-0.2, -0.15) is 0 Å². The number of rotatable bonds is 7. The van der Waals surface area contributed by atoms with Gasteiger partial charge in [0.25, 0.3) is 0 Å². The molecule has 162 valence electrons. The Labute approximate surface area is 179 Å². The zero-order valence-electron chi connectivity index (χ0n) is 18.3. The molecule has 3 rings (SSSR count). The largest absolute Gasteiger partial charge is 0.492 e. The number of hydrogen-bond donors (Lipinski definition) is 1. The summed E-state index contributed by atoms with van der Waals surface area (Å²) in [5, 5.41) is 3.01. The first-order chi connectivity index (χ1) is 14.3. The quantitative estimate of drug-likeness (QED) is 0.680. The molecule has 1 aliphatic heterocycles. The fraction of sp³-hybridized carbons (Fsp3) is 0.480. The summed E-state index contributed by atoms with van der Waals surface area (Å²) >= 11 is 0. The van der Waals surface area contributed by atoms with Gasteiger partial charge in [0.1, 0.15) is 18.2 Å². The van der Waals surface area contributed by atoms with E-state index in [2.05, 4.69) is 43.1 Å². The zero-order valence-corrected chi connectivity index (χ0v) is 18.3. The maximum absolute atomic E-state index is 13.1. The van der Waals surface area contributed by atoms with Crippen molar-refractivity contribution in [2.45, 2.75) is 45.6 Å². The third kappa shape index (κ3) is 6.56. The number of carbonyl (C=O) groups is 1. The molecule has 0 spiro atoms. The van der Waals surface area contributed by atoms with Gasteiger partial charge in [0.15, 0.2) is 0 Å². The Morgan fingerprint density at radius 1 is 1.13 bits per heavy atom. The van der Waals surface area contributed by atoms with Crippen molar-refractivity contribution in [1.82, 2.24) is 10.2 Å². The molecule has 0 bridgehead atoms. The Morgan fingerprint density at radius 3 is 2.50 bits per heavy atom. The van der Waals surface area contributed by atoms with E-state index >= 15 is 0 Å². The second-order valence-corrected chi connectivity index (χ2v) is 9.11. The molecule has 0 aliphatic carbocycles. The second kappa shape index (κ2) is 10.1. The van der Waals surface area contributed by atoms with Crippen molar-refractivity contribution in [3.8, 4) is 5.75 Å². The van der Waals surface area contributed by atoms with E-state index in [0.717, 1.165) is 43.8 Å². The predicted molar refractivity (Wildman–Crippen MR) is 118 cm³/mol. The van der Waals surface area contributed by atoms with Gasteiger partial charge in [-0.3, -0.25) is 9.69 Å². The molecule has 1 saturated heterocycles. The summed E-state index contributed by atoms with van der Waals surface area (Å²) in [6.45, 7) is 9.95. The highest BCUT2D eigenvalue weighted by Gasteiger charge is 2.25. The Bertz CT molecular complexity index is 813. The van der Waals surface area contributed by atoms with Gasteiger partial charge < -0.3 is 10.1 Å². The summed E-state index contributed by atoms with van der Waals surface area (Å²) in [5.41, 5.74) is 2.46. The number of halogens is 1. The van der Waals surface area contributed by atoms with Crippen LogP contribution in [0.1, 0.15) is 44.7 Å². The molecule has 1 unspecified atom stereocenters. The fourth-order valence-corrected chi connectivity index (χ4v) is 3.80. The summed E-state index contributed by atoms with van der Waals surface area (Å²) in [4.78, 5) is 14.8. The molecular weight excluding hydrogens is 379 g/mol. The number of likely N-dealkylation sites (tertiary alicyclic amines) is 1. The molecule has 1 fully saturated rings. The third-order valence-electron chi connectivity index (χ3n) is 5.59. The Balaban J connectivity index is 1.39. The summed E-state index contributed by atoms with van der Waals surface area (Å²) in [5.74, 6) is 0.679. The molecule has 1 heterocycles. The number of ether oxygens (including phenoxy) is 1. The summed E-state index contributed by atoms with van der Waals surface area (Å²) in [6, 6.07) is 14.7. The monoisotopic (exact) mass is 412 g/mol. The van der Waals surface area contributed by atoms with Crippen molar-refractivity contribution in [3.05, 3.63) is 65.5 Å². The number of carbonyl (C=O) groups excluding carboxylic acids is 1. The van der Waals surface area contributed by atoms with Crippen molar-refractivity contribution >= 4 is 5.91 Å². The first kappa shape index (κ1) is 22.3. The number of benzene rings is 2. The van der Waals surface area contributed by atoms with Gasteiger partial charge in [0.05, 0.1) is 12.5 Å². The number of hydrogen-bond acceptors (Lipinski definition) is 3. The standard InChI is InChI=1S/C25H33FN2O2/c1-25(2,3)21-8-12-23(13-9-21)30-16-14-27-24(29)20-5-4-15-28(18-20)17-19-6-10-22(26)11-7-19/h6-13,20H,4-5,14-18H2,1-3H3,(H,27,29). The van der Waals surface area contributed by atoms with E-state index < -0.39 is 0 Å². The molecule has 0 saturated carbocycles. The molecule has 4 nitrogen and oxygen atoms in total. The van der Waals surface area contributed by atoms with Crippen LogP contribution in [-0.4, -0.2) is 37.0 Å². The van der Waals surface area contributed by atoms with Crippen LogP contribution in [0.5, 0.6) is 5.75 Å². The fourth-order valence-electron chi connectivity index (χ4n) is 3.80. The van der Waals surface area contributed by atoms with Gasteiger partial charge in [-0.05, 0) is 60.2 Å². The molecule has 0 radical (unpaired) electrons. The number of amides is 1. The minimum atomic E-state index is -0.220. The number of nitrogens with one attached hydrogen (secondary N) is 1. The van der Waals surface area contributed by atoms with Crippen molar-refractivity contribution in [3.63, 3.8) is 0 Å².